The van der Waals surface area contributed by atoms with Crippen LogP contribution in [0.1, 0.15) is 44.8 Å². The molecular formula is C24H25N3OS. The number of nitrogens with one attached hydrogen (secondary N) is 2. The monoisotopic (exact) mass is 403 g/mol. The number of amides is 1. The van der Waals surface area contributed by atoms with Crippen LogP contribution in [0.5, 0.6) is 0 Å². The van der Waals surface area contributed by atoms with Crippen LogP contribution in [0.25, 0.3) is 11.0 Å². The van der Waals surface area contributed by atoms with Gasteiger partial charge in [0.05, 0.1) is 4.88 Å². The molecule has 0 aliphatic heterocycles. The highest BCUT2D eigenvalue weighted by atomic mass is 32.1. The van der Waals surface area contributed by atoms with Gasteiger partial charge in [0.1, 0.15) is 5.65 Å². The molecule has 0 spiro atoms. The number of aryl methyl sites for hydroxylation is 2. The number of carbonyl (C=O) groups excluding carboxylic acids is 1. The molecule has 0 atom stereocenters. The molecule has 1 aromatic carbocycles. The van der Waals surface area contributed by atoms with E-state index in [2.05, 4.69) is 52.5 Å². The minimum atomic E-state index is 0.0323. The SMILES string of the molecule is Cc1cccc(CCCCNC(=O)c2sccc2Cc2ccnc3[nH]ccc23)c1. The summed E-state index contributed by atoms with van der Waals surface area (Å²) in [6.07, 6.45) is 7.55. The van der Waals surface area contributed by atoms with Crippen LogP contribution in [0.15, 0.2) is 60.2 Å². The molecule has 1 amide bonds. The molecule has 148 valence electrons. The van der Waals surface area contributed by atoms with Gasteiger partial charge in [0.15, 0.2) is 0 Å². The van der Waals surface area contributed by atoms with Crippen molar-refractivity contribution in [2.75, 3.05) is 6.54 Å². The number of rotatable bonds is 8. The minimum Gasteiger partial charge on any atom is -0.351 e. The van der Waals surface area contributed by atoms with Crippen LogP contribution in [0.2, 0.25) is 0 Å². The molecule has 0 unspecified atom stereocenters. The fraction of sp³-hybridized carbons (Fsp3) is 0.250. The Morgan fingerprint density at radius 3 is 2.97 bits per heavy atom. The van der Waals surface area contributed by atoms with Gasteiger partial charge in [-0.05, 0) is 72.9 Å². The summed E-state index contributed by atoms with van der Waals surface area (Å²) in [4.78, 5) is 21.0. The Hall–Kier alpha value is -2.92. The maximum absolute atomic E-state index is 12.7. The average molecular weight is 404 g/mol. The van der Waals surface area contributed by atoms with Crippen LogP contribution in [0.4, 0.5) is 0 Å². The lowest BCUT2D eigenvalue weighted by Gasteiger charge is -2.08. The fourth-order valence-electron chi connectivity index (χ4n) is 3.66. The van der Waals surface area contributed by atoms with Gasteiger partial charge in [-0.25, -0.2) is 4.98 Å². The molecule has 4 rings (SSSR count). The first kappa shape index (κ1) is 19.4. The zero-order valence-corrected chi connectivity index (χ0v) is 17.4. The van der Waals surface area contributed by atoms with Gasteiger partial charge >= 0.3 is 0 Å². The number of unbranched alkanes of at least 4 members (excludes halogenated alkanes) is 1. The van der Waals surface area contributed by atoms with E-state index in [0.29, 0.717) is 6.54 Å². The molecule has 0 radical (unpaired) electrons. The highest BCUT2D eigenvalue weighted by Crippen LogP contribution is 2.24. The van der Waals surface area contributed by atoms with Crippen molar-refractivity contribution in [3.63, 3.8) is 0 Å². The summed E-state index contributed by atoms with van der Waals surface area (Å²) in [6, 6.07) is 14.8. The molecule has 0 saturated carbocycles. The zero-order valence-electron chi connectivity index (χ0n) is 16.6. The molecular weight excluding hydrogens is 378 g/mol. The van der Waals surface area contributed by atoms with Gasteiger partial charge < -0.3 is 10.3 Å². The quantitative estimate of drug-likeness (QED) is 0.393. The normalized spacial score (nSPS) is 11.1. The number of hydrogen-bond acceptors (Lipinski definition) is 3. The molecule has 5 heteroatoms. The van der Waals surface area contributed by atoms with Gasteiger partial charge in [0.2, 0.25) is 0 Å². The Labute approximate surface area is 175 Å². The summed E-state index contributed by atoms with van der Waals surface area (Å²) in [7, 11) is 0. The highest BCUT2D eigenvalue weighted by Gasteiger charge is 2.14. The molecule has 29 heavy (non-hydrogen) atoms. The highest BCUT2D eigenvalue weighted by molar-refractivity contribution is 7.12. The van der Waals surface area contributed by atoms with Gasteiger partial charge in [-0.15, -0.1) is 11.3 Å². The third-order valence-corrected chi connectivity index (χ3v) is 6.10. The molecule has 4 aromatic rings. The van der Waals surface area contributed by atoms with E-state index in [1.807, 2.05) is 29.9 Å². The van der Waals surface area contributed by atoms with Crippen molar-refractivity contribution in [3.8, 4) is 0 Å². The van der Waals surface area contributed by atoms with E-state index >= 15 is 0 Å². The van der Waals surface area contributed by atoms with Crippen molar-refractivity contribution in [3.05, 3.63) is 87.4 Å². The molecule has 4 nitrogen and oxygen atoms in total. The number of hydrogen-bond donors (Lipinski definition) is 2. The van der Waals surface area contributed by atoms with Gasteiger partial charge in [0, 0.05) is 24.3 Å². The summed E-state index contributed by atoms with van der Waals surface area (Å²) in [5.74, 6) is 0.0323. The van der Waals surface area contributed by atoms with E-state index in [1.54, 1.807) is 0 Å². The molecule has 3 aromatic heterocycles. The van der Waals surface area contributed by atoms with Gasteiger partial charge in [-0.3, -0.25) is 4.79 Å². The predicted octanol–water partition coefficient (Wildman–Crippen LogP) is 5.28. The number of nitrogens with zero attached hydrogens (tertiary/aromatic N) is 1. The predicted molar refractivity (Wildman–Crippen MR) is 120 cm³/mol. The van der Waals surface area contributed by atoms with Crippen LogP contribution in [-0.4, -0.2) is 22.4 Å². The number of aromatic nitrogens is 2. The Morgan fingerprint density at radius 2 is 2.07 bits per heavy atom. The number of H-pyrrole nitrogens is 1. The first-order valence-corrected chi connectivity index (χ1v) is 10.9. The van der Waals surface area contributed by atoms with Crippen LogP contribution in [-0.2, 0) is 12.8 Å². The standard InChI is InChI=1S/C24H25N3OS/c1-17-5-4-7-18(15-17)6-2-3-11-27-24(28)22-20(10-14-29-22)16-19-8-12-25-23-21(19)9-13-26-23/h4-5,7-10,12-15H,2-3,6,11,16H2,1H3,(H,25,26)(H,27,28). The average Bonchev–Trinajstić information content (AvgIpc) is 3.37. The van der Waals surface area contributed by atoms with E-state index in [-0.39, 0.29) is 5.91 Å². The molecule has 0 aliphatic carbocycles. The summed E-state index contributed by atoms with van der Waals surface area (Å²) >= 11 is 1.51. The van der Waals surface area contributed by atoms with Gasteiger partial charge in [-0.2, -0.15) is 0 Å². The van der Waals surface area contributed by atoms with Gasteiger partial charge in [0.25, 0.3) is 5.91 Å². The Kier molecular flexibility index (Phi) is 6.06. The molecule has 0 saturated heterocycles. The lowest BCUT2D eigenvalue weighted by atomic mass is 10.0. The topological polar surface area (TPSA) is 57.8 Å². The first-order valence-electron chi connectivity index (χ1n) is 10.0. The smallest absolute Gasteiger partial charge is 0.261 e. The minimum absolute atomic E-state index is 0.0323. The number of pyridine rings is 1. The van der Waals surface area contributed by atoms with Crippen LogP contribution < -0.4 is 5.32 Å². The van der Waals surface area contributed by atoms with Crippen LogP contribution >= 0.6 is 11.3 Å². The number of thiophene rings is 1. The summed E-state index contributed by atoms with van der Waals surface area (Å²) in [6.45, 7) is 2.83. The van der Waals surface area contributed by atoms with Crippen molar-refractivity contribution in [1.29, 1.82) is 0 Å². The maximum atomic E-state index is 12.7. The number of benzene rings is 1. The fourth-order valence-corrected chi connectivity index (χ4v) is 4.49. The first-order chi connectivity index (χ1) is 14.2. The lowest BCUT2D eigenvalue weighted by Crippen LogP contribution is -2.24. The Bertz CT molecular complexity index is 1110. The maximum Gasteiger partial charge on any atom is 0.261 e. The number of fused-ring (bicyclic) bond motifs is 1. The van der Waals surface area contributed by atoms with Crippen molar-refractivity contribution in [1.82, 2.24) is 15.3 Å². The molecule has 0 aliphatic rings. The second kappa shape index (κ2) is 9.05. The summed E-state index contributed by atoms with van der Waals surface area (Å²) < 4.78 is 0. The Balaban J connectivity index is 1.31. The van der Waals surface area contributed by atoms with Crippen molar-refractivity contribution < 1.29 is 4.79 Å². The van der Waals surface area contributed by atoms with Crippen LogP contribution in [0, 0.1) is 6.92 Å². The number of carbonyl (C=O) groups is 1. The summed E-state index contributed by atoms with van der Waals surface area (Å²) in [5, 5.41) is 6.20. The molecule has 2 N–H and O–H groups in total. The van der Waals surface area contributed by atoms with Crippen molar-refractivity contribution in [2.24, 2.45) is 0 Å². The molecule has 0 fully saturated rings. The molecule has 3 heterocycles. The van der Waals surface area contributed by atoms with E-state index in [9.17, 15) is 4.79 Å². The van der Waals surface area contributed by atoms with Crippen LogP contribution in [0.3, 0.4) is 0 Å². The van der Waals surface area contributed by atoms with Gasteiger partial charge in [-0.1, -0.05) is 29.8 Å². The van der Waals surface area contributed by atoms with E-state index in [4.69, 9.17) is 0 Å². The lowest BCUT2D eigenvalue weighted by molar-refractivity contribution is 0.0956. The van der Waals surface area contributed by atoms with Crippen molar-refractivity contribution >= 4 is 28.3 Å². The zero-order chi connectivity index (χ0) is 20.1. The Morgan fingerprint density at radius 1 is 1.14 bits per heavy atom. The number of aromatic amines is 1. The second-order valence-electron chi connectivity index (χ2n) is 7.36. The summed E-state index contributed by atoms with van der Waals surface area (Å²) in [5.41, 5.74) is 5.80. The van der Waals surface area contributed by atoms with E-state index in [1.165, 1.54) is 28.0 Å². The second-order valence-corrected chi connectivity index (χ2v) is 8.28. The molecule has 0 bridgehead atoms. The van der Waals surface area contributed by atoms with E-state index < -0.39 is 0 Å². The van der Waals surface area contributed by atoms with Crippen molar-refractivity contribution in [2.45, 2.75) is 32.6 Å². The third-order valence-electron chi connectivity index (χ3n) is 5.14. The largest absolute Gasteiger partial charge is 0.351 e. The third kappa shape index (κ3) is 4.74. The van der Waals surface area contributed by atoms with E-state index in [0.717, 1.165) is 47.2 Å².